The standard InChI is InChI=1S/C16H20F2O2/c1-3-10-5-6-11(16(19)20)12(8-10)14-13(17)7-4-9(2)15(14)18/h4,7,10-12H,3,5-6,8H2,1-2H3,(H,19,20). The van der Waals surface area contributed by atoms with Gasteiger partial charge in [-0.2, -0.15) is 0 Å². The molecule has 1 aromatic carbocycles. The third-order valence-corrected chi connectivity index (χ3v) is 4.54. The van der Waals surface area contributed by atoms with Crippen molar-refractivity contribution < 1.29 is 18.7 Å². The normalized spacial score (nSPS) is 26.5. The first-order chi connectivity index (χ1) is 9.45. The smallest absolute Gasteiger partial charge is 0.307 e. The Morgan fingerprint density at radius 1 is 1.35 bits per heavy atom. The highest BCUT2D eigenvalue weighted by Gasteiger charge is 2.38. The Bertz CT molecular complexity index is 513. The molecule has 1 N–H and O–H groups in total. The Hall–Kier alpha value is -1.45. The summed E-state index contributed by atoms with van der Waals surface area (Å²) in [5.41, 5.74) is 0.333. The Kier molecular flexibility index (Phi) is 4.41. The minimum absolute atomic E-state index is 0.0319. The molecule has 1 saturated carbocycles. The van der Waals surface area contributed by atoms with E-state index in [2.05, 4.69) is 0 Å². The molecule has 1 aliphatic carbocycles. The van der Waals surface area contributed by atoms with Gasteiger partial charge in [0, 0.05) is 11.5 Å². The second kappa shape index (κ2) is 5.90. The van der Waals surface area contributed by atoms with E-state index in [0.29, 0.717) is 24.3 Å². The van der Waals surface area contributed by atoms with Crippen LogP contribution in [0.2, 0.25) is 0 Å². The highest BCUT2D eigenvalue weighted by Crippen LogP contribution is 2.43. The minimum Gasteiger partial charge on any atom is -0.481 e. The number of carboxylic acids is 1. The Morgan fingerprint density at radius 3 is 2.65 bits per heavy atom. The van der Waals surface area contributed by atoms with Gasteiger partial charge in [0.1, 0.15) is 11.6 Å². The maximum absolute atomic E-state index is 14.3. The van der Waals surface area contributed by atoms with E-state index in [1.807, 2.05) is 6.92 Å². The number of carbonyl (C=O) groups is 1. The van der Waals surface area contributed by atoms with Gasteiger partial charge in [-0.15, -0.1) is 0 Å². The molecule has 0 amide bonds. The van der Waals surface area contributed by atoms with Crippen LogP contribution in [0.25, 0.3) is 0 Å². The second-order valence-corrected chi connectivity index (χ2v) is 5.73. The predicted molar refractivity (Wildman–Crippen MR) is 72.6 cm³/mol. The summed E-state index contributed by atoms with van der Waals surface area (Å²) < 4.78 is 28.3. The molecule has 3 unspecified atom stereocenters. The van der Waals surface area contributed by atoms with Crippen molar-refractivity contribution in [2.75, 3.05) is 0 Å². The minimum atomic E-state index is -0.954. The molecule has 4 heteroatoms. The number of aryl methyl sites for hydroxylation is 1. The third kappa shape index (κ3) is 2.69. The summed E-state index contributed by atoms with van der Waals surface area (Å²) in [5, 5.41) is 9.34. The summed E-state index contributed by atoms with van der Waals surface area (Å²) in [7, 11) is 0. The summed E-state index contributed by atoms with van der Waals surface area (Å²) in [6, 6.07) is 2.63. The molecule has 1 aromatic rings. The lowest BCUT2D eigenvalue weighted by molar-refractivity contribution is -0.144. The molecular weight excluding hydrogens is 262 g/mol. The first kappa shape index (κ1) is 14.9. The van der Waals surface area contributed by atoms with Crippen LogP contribution in [0.5, 0.6) is 0 Å². The summed E-state index contributed by atoms with van der Waals surface area (Å²) in [4.78, 5) is 11.4. The van der Waals surface area contributed by atoms with Crippen molar-refractivity contribution >= 4 is 5.97 Å². The average molecular weight is 282 g/mol. The molecule has 1 fully saturated rings. The van der Waals surface area contributed by atoms with Gasteiger partial charge in [-0.05, 0) is 43.7 Å². The van der Waals surface area contributed by atoms with Gasteiger partial charge < -0.3 is 5.11 Å². The van der Waals surface area contributed by atoms with Gasteiger partial charge in [-0.3, -0.25) is 4.79 Å². The van der Waals surface area contributed by atoms with Crippen LogP contribution in [-0.2, 0) is 4.79 Å². The number of hydrogen-bond donors (Lipinski definition) is 1. The molecular formula is C16H20F2O2. The molecule has 0 heterocycles. The lowest BCUT2D eigenvalue weighted by Crippen LogP contribution is -2.30. The van der Waals surface area contributed by atoms with Crippen LogP contribution >= 0.6 is 0 Å². The van der Waals surface area contributed by atoms with Crippen molar-refractivity contribution in [2.24, 2.45) is 11.8 Å². The van der Waals surface area contributed by atoms with Crippen LogP contribution in [0.1, 0.15) is 49.7 Å². The van der Waals surface area contributed by atoms with Crippen molar-refractivity contribution in [3.8, 4) is 0 Å². The summed E-state index contributed by atoms with van der Waals surface area (Å²) in [5.74, 6) is -3.08. The topological polar surface area (TPSA) is 37.3 Å². The van der Waals surface area contributed by atoms with E-state index in [-0.39, 0.29) is 5.56 Å². The molecule has 110 valence electrons. The van der Waals surface area contributed by atoms with Crippen LogP contribution in [0.3, 0.4) is 0 Å². The molecule has 2 rings (SSSR count). The van der Waals surface area contributed by atoms with Gasteiger partial charge in [0.15, 0.2) is 0 Å². The maximum atomic E-state index is 14.3. The molecule has 3 atom stereocenters. The molecule has 0 aliphatic heterocycles. The summed E-state index contributed by atoms with van der Waals surface area (Å²) >= 11 is 0. The largest absolute Gasteiger partial charge is 0.481 e. The van der Waals surface area contributed by atoms with Crippen LogP contribution in [-0.4, -0.2) is 11.1 Å². The van der Waals surface area contributed by atoms with Crippen LogP contribution < -0.4 is 0 Å². The number of hydrogen-bond acceptors (Lipinski definition) is 1. The van der Waals surface area contributed by atoms with Crippen molar-refractivity contribution in [1.29, 1.82) is 0 Å². The van der Waals surface area contributed by atoms with E-state index in [9.17, 15) is 18.7 Å². The van der Waals surface area contributed by atoms with Crippen LogP contribution in [0.15, 0.2) is 12.1 Å². The van der Waals surface area contributed by atoms with Gasteiger partial charge >= 0.3 is 5.97 Å². The molecule has 1 aliphatic rings. The van der Waals surface area contributed by atoms with Crippen LogP contribution in [0, 0.1) is 30.4 Å². The molecule has 2 nitrogen and oxygen atoms in total. The fraction of sp³-hybridized carbons (Fsp3) is 0.562. The van der Waals surface area contributed by atoms with Gasteiger partial charge in [0.25, 0.3) is 0 Å². The number of carboxylic acid groups (broad SMARTS) is 1. The zero-order valence-corrected chi connectivity index (χ0v) is 11.8. The number of benzene rings is 1. The van der Waals surface area contributed by atoms with Gasteiger partial charge in [0.2, 0.25) is 0 Å². The Balaban J connectivity index is 2.45. The average Bonchev–Trinajstić information content (AvgIpc) is 2.43. The fourth-order valence-corrected chi connectivity index (χ4v) is 3.26. The fourth-order valence-electron chi connectivity index (χ4n) is 3.26. The molecule has 0 bridgehead atoms. The predicted octanol–water partition coefficient (Wildman–Crippen LogP) is 4.27. The summed E-state index contributed by atoms with van der Waals surface area (Å²) in [6.45, 7) is 3.61. The van der Waals surface area contributed by atoms with Gasteiger partial charge in [-0.25, -0.2) is 8.78 Å². The first-order valence-electron chi connectivity index (χ1n) is 7.13. The highest BCUT2D eigenvalue weighted by atomic mass is 19.1. The highest BCUT2D eigenvalue weighted by molar-refractivity contribution is 5.71. The van der Waals surface area contributed by atoms with Crippen molar-refractivity contribution in [2.45, 2.75) is 45.4 Å². The van der Waals surface area contributed by atoms with Crippen LogP contribution in [0.4, 0.5) is 8.78 Å². The quantitative estimate of drug-likeness (QED) is 0.899. The zero-order chi connectivity index (χ0) is 14.9. The lowest BCUT2D eigenvalue weighted by Gasteiger charge is -2.34. The molecule has 20 heavy (non-hydrogen) atoms. The van der Waals surface area contributed by atoms with E-state index in [4.69, 9.17) is 0 Å². The SMILES string of the molecule is CCC1CCC(C(=O)O)C(c2c(F)ccc(C)c2F)C1. The lowest BCUT2D eigenvalue weighted by atomic mass is 9.70. The molecule has 0 aromatic heterocycles. The number of aliphatic carboxylic acids is 1. The van der Waals surface area contributed by atoms with E-state index in [0.717, 1.165) is 12.8 Å². The third-order valence-electron chi connectivity index (χ3n) is 4.54. The number of rotatable bonds is 3. The van der Waals surface area contributed by atoms with E-state index < -0.39 is 29.4 Å². The van der Waals surface area contributed by atoms with E-state index in [1.54, 1.807) is 6.92 Å². The maximum Gasteiger partial charge on any atom is 0.307 e. The molecule has 0 radical (unpaired) electrons. The summed E-state index contributed by atoms with van der Waals surface area (Å²) in [6.07, 6.45) is 2.77. The molecule has 0 saturated heterocycles. The first-order valence-corrected chi connectivity index (χ1v) is 7.13. The molecule has 0 spiro atoms. The van der Waals surface area contributed by atoms with E-state index >= 15 is 0 Å². The monoisotopic (exact) mass is 282 g/mol. The van der Waals surface area contributed by atoms with Crippen molar-refractivity contribution in [1.82, 2.24) is 0 Å². The van der Waals surface area contributed by atoms with Crippen molar-refractivity contribution in [3.63, 3.8) is 0 Å². The number of halogens is 2. The Morgan fingerprint density at radius 2 is 2.05 bits per heavy atom. The zero-order valence-electron chi connectivity index (χ0n) is 11.8. The van der Waals surface area contributed by atoms with Crippen molar-refractivity contribution in [3.05, 3.63) is 34.9 Å². The Labute approximate surface area is 117 Å². The van der Waals surface area contributed by atoms with Gasteiger partial charge in [0.05, 0.1) is 5.92 Å². The second-order valence-electron chi connectivity index (χ2n) is 5.73. The van der Waals surface area contributed by atoms with Gasteiger partial charge in [-0.1, -0.05) is 19.4 Å². The van der Waals surface area contributed by atoms with E-state index in [1.165, 1.54) is 12.1 Å².